The number of nitrogens with zero attached hydrogens (tertiary/aromatic N) is 4. The van der Waals surface area contributed by atoms with E-state index < -0.39 is 31.1 Å². The topological polar surface area (TPSA) is 166 Å². The molecule has 4 atom stereocenters. The molecule has 1 aliphatic rings. The molecule has 0 bridgehead atoms. The lowest BCUT2D eigenvalue weighted by atomic mass is 10.1. The van der Waals surface area contributed by atoms with Crippen molar-refractivity contribution in [2.45, 2.75) is 24.5 Å². The monoisotopic (exact) mass is 282 g/mol. The van der Waals surface area contributed by atoms with Crippen LogP contribution in [0.3, 0.4) is 0 Å². The zero-order chi connectivity index (χ0) is 14.4. The van der Waals surface area contributed by atoms with Gasteiger partial charge in [-0.25, -0.2) is 14.6 Å². The fraction of sp³-hybridized carbons (Fsp3) is 0.500. The third-order valence-electron chi connectivity index (χ3n) is 3.30. The molecule has 10 nitrogen and oxygen atoms in total. The molecule has 7 N–H and O–H groups in total. The fourth-order valence-corrected chi connectivity index (χ4v) is 2.28. The first-order chi connectivity index (χ1) is 9.54. The first kappa shape index (κ1) is 13.0. The predicted octanol–water partition coefficient (Wildman–Crippen LogP) is -2.40. The van der Waals surface area contributed by atoms with Crippen LogP contribution in [0.4, 0.5) is 11.6 Å². The molecule has 20 heavy (non-hydrogen) atoms. The van der Waals surface area contributed by atoms with Gasteiger partial charge in [-0.05, 0) is 0 Å². The summed E-state index contributed by atoms with van der Waals surface area (Å²) in [6.45, 7) is -0.430. The van der Waals surface area contributed by atoms with Gasteiger partial charge in [0.2, 0.25) is 0 Å². The van der Waals surface area contributed by atoms with Crippen molar-refractivity contribution in [1.29, 1.82) is 0 Å². The molecule has 108 valence electrons. The summed E-state index contributed by atoms with van der Waals surface area (Å²) in [6.07, 6.45) is -3.20. The molecule has 0 aromatic carbocycles. The minimum Gasteiger partial charge on any atom is -0.394 e. The van der Waals surface area contributed by atoms with Crippen LogP contribution in [0.5, 0.6) is 0 Å². The second-order valence-corrected chi connectivity index (χ2v) is 4.52. The summed E-state index contributed by atoms with van der Waals surface area (Å²) in [4.78, 5) is 7.83. The van der Waals surface area contributed by atoms with Gasteiger partial charge in [0.15, 0.2) is 17.7 Å². The van der Waals surface area contributed by atoms with E-state index in [4.69, 9.17) is 21.3 Å². The first-order valence-corrected chi connectivity index (χ1v) is 5.91. The molecule has 3 heterocycles. The second kappa shape index (κ2) is 4.52. The van der Waals surface area contributed by atoms with Crippen LogP contribution in [-0.4, -0.2) is 60.0 Å². The van der Waals surface area contributed by atoms with E-state index in [0.29, 0.717) is 5.39 Å². The van der Waals surface area contributed by atoms with Gasteiger partial charge in [-0.3, -0.25) is 0 Å². The summed E-state index contributed by atoms with van der Waals surface area (Å²) in [6, 6.07) is 0. The fourth-order valence-electron chi connectivity index (χ4n) is 2.28. The molecule has 0 aliphatic carbocycles. The lowest BCUT2D eigenvalue weighted by Crippen LogP contribution is -2.33. The summed E-state index contributed by atoms with van der Waals surface area (Å²) >= 11 is 0. The number of nitrogen functional groups attached to an aromatic ring is 2. The number of anilines is 2. The molecule has 0 saturated carbocycles. The summed E-state index contributed by atoms with van der Waals surface area (Å²) in [5.41, 5.74) is 11.7. The maximum Gasteiger partial charge on any atom is 0.181 e. The van der Waals surface area contributed by atoms with Crippen LogP contribution in [-0.2, 0) is 4.74 Å². The van der Waals surface area contributed by atoms with Gasteiger partial charge < -0.3 is 31.5 Å². The largest absolute Gasteiger partial charge is 0.394 e. The lowest BCUT2D eigenvalue weighted by Gasteiger charge is -2.15. The molecule has 0 unspecified atom stereocenters. The number of aromatic nitrogens is 4. The Morgan fingerprint density at radius 3 is 2.60 bits per heavy atom. The number of hydrogen-bond acceptors (Lipinski definition) is 9. The zero-order valence-electron chi connectivity index (χ0n) is 10.3. The third-order valence-corrected chi connectivity index (χ3v) is 3.30. The highest BCUT2D eigenvalue weighted by atomic mass is 16.6. The molecule has 0 amide bonds. The van der Waals surface area contributed by atoms with Crippen LogP contribution >= 0.6 is 0 Å². The summed E-state index contributed by atoms with van der Waals surface area (Å²) in [5, 5.41) is 33.2. The van der Waals surface area contributed by atoms with Crippen molar-refractivity contribution in [1.82, 2.24) is 19.7 Å². The van der Waals surface area contributed by atoms with E-state index in [1.807, 2.05) is 0 Å². The van der Waals surface area contributed by atoms with Gasteiger partial charge in [-0.2, -0.15) is 5.10 Å². The maximum atomic E-state index is 9.99. The van der Waals surface area contributed by atoms with E-state index >= 15 is 0 Å². The number of fused-ring (bicyclic) bond motifs is 1. The molecule has 2 aromatic rings. The van der Waals surface area contributed by atoms with E-state index in [-0.39, 0.29) is 17.3 Å². The highest BCUT2D eigenvalue weighted by molar-refractivity contribution is 5.94. The number of hydrogen-bond donors (Lipinski definition) is 5. The Bertz CT molecular complexity index is 646. The van der Waals surface area contributed by atoms with Crippen LogP contribution < -0.4 is 11.5 Å². The molecule has 0 spiro atoms. The number of aliphatic hydroxyl groups is 3. The van der Waals surface area contributed by atoms with Crippen LogP contribution in [0.15, 0.2) is 6.33 Å². The van der Waals surface area contributed by atoms with Gasteiger partial charge in [0.1, 0.15) is 35.8 Å². The Morgan fingerprint density at radius 2 is 1.95 bits per heavy atom. The molecule has 1 fully saturated rings. The Balaban J connectivity index is 2.10. The van der Waals surface area contributed by atoms with Crippen LogP contribution in [0.2, 0.25) is 0 Å². The van der Waals surface area contributed by atoms with Crippen LogP contribution in [0.25, 0.3) is 11.0 Å². The van der Waals surface area contributed by atoms with Crippen LogP contribution in [0, 0.1) is 0 Å². The lowest BCUT2D eigenvalue weighted by molar-refractivity contribution is -0.0565. The Morgan fingerprint density at radius 1 is 1.20 bits per heavy atom. The SMILES string of the molecule is Nc1ncnc2c1c(N)nn2[C@@H]1O[C@H](CO)[C@@H](O)[C@H]1O. The van der Waals surface area contributed by atoms with Crippen molar-refractivity contribution in [2.24, 2.45) is 0 Å². The molecule has 10 heteroatoms. The van der Waals surface area contributed by atoms with Gasteiger partial charge in [0, 0.05) is 0 Å². The van der Waals surface area contributed by atoms with Gasteiger partial charge in [-0.1, -0.05) is 0 Å². The normalized spacial score (nSPS) is 30.1. The molecule has 2 aromatic heterocycles. The van der Waals surface area contributed by atoms with Crippen molar-refractivity contribution in [3.05, 3.63) is 6.33 Å². The van der Waals surface area contributed by atoms with Crippen molar-refractivity contribution >= 4 is 22.7 Å². The smallest absolute Gasteiger partial charge is 0.181 e. The van der Waals surface area contributed by atoms with Gasteiger partial charge in [0.05, 0.1) is 6.61 Å². The van der Waals surface area contributed by atoms with E-state index in [1.54, 1.807) is 0 Å². The van der Waals surface area contributed by atoms with E-state index in [0.717, 1.165) is 0 Å². The Kier molecular flexibility index (Phi) is 2.94. The minimum atomic E-state index is -1.27. The zero-order valence-corrected chi connectivity index (χ0v) is 10.3. The van der Waals surface area contributed by atoms with Crippen LogP contribution in [0.1, 0.15) is 6.23 Å². The van der Waals surface area contributed by atoms with Crippen molar-refractivity contribution in [3.8, 4) is 0 Å². The molecule has 1 saturated heterocycles. The average Bonchev–Trinajstić information content (AvgIpc) is 2.90. The van der Waals surface area contributed by atoms with Gasteiger partial charge in [-0.15, -0.1) is 0 Å². The number of rotatable bonds is 2. The van der Waals surface area contributed by atoms with Crippen molar-refractivity contribution < 1.29 is 20.1 Å². The molecule has 1 aliphatic heterocycles. The van der Waals surface area contributed by atoms with E-state index in [2.05, 4.69) is 15.1 Å². The Hall–Kier alpha value is -2.01. The van der Waals surface area contributed by atoms with Gasteiger partial charge in [0.25, 0.3) is 0 Å². The first-order valence-electron chi connectivity index (χ1n) is 5.91. The molecule has 0 radical (unpaired) electrons. The Labute approximate surface area is 112 Å². The molecular weight excluding hydrogens is 268 g/mol. The van der Waals surface area contributed by atoms with E-state index in [9.17, 15) is 10.2 Å². The summed E-state index contributed by atoms with van der Waals surface area (Å²) < 4.78 is 6.60. The van der Waals surface area contributed by atoms with Gasteiger partial charge >= 0.3 is 0 Å². The molecule has 3 rings (SSSR count). The number of ether oxygens (including phenoxy) is 1. The maximum absolute atomic E-state index is 9.99. The summed E-state index contributed by atoms with van der Waals surface area (Å²) in [7, 11) is 0. The van der Waals surface area contributed by atoms with E-state index in [1.165, 1.54) is 11.0 Å². The average molecular weight is 282 g/mol. The number of aliphatic hydroxyl groups excluding tert-OH is 3. The summed E-state index contributed by atoms with van der Waals surface area (Å²) in [5.74, 6) is 0.251. The minimum absolute atomic E-state index is 0.0934. The standard InChI is InChI=1S/C10H14N6O4/c11-7-4-8(12)15-16(9(4)14-2-13-7)10-6(19)5(18)3(1-17)20-10/h2-3,5-6,10,17-19H,1H2,(H2,12,15)(H2,11,13,14)/t3-,5-,6-,10-/m1/s1. The predicted molar refractivity (Wildman–Crippen MR) is 67.2 cm³/mol. The van der Waals surface area contributed by atoms with Crippen molar-refractivity contribution in [3.63, 3.8) is 0 Å². The second-order valence-electron chi connectivity index (χ2n) is 4.52. The number of nitrogens with two attached hydrogens (primary N) is 2. The highest BCUT2D eigenvalue weighted by Crippen LogP contribution is 2.33. The quantitative estimate of drug-likeness (QED) is 0.403. The van der Waals surface area contributed by atoms with Crippen molar-refractivity contribution in [2.75, 3.05) is 18.1 Å². The third kappa shape index (κ3) is 1.70. The highest BCUT2D eigenvalue weighted by Gasteiger charge is 2.44. The molecular formula is C10H14N6O4.